The zero-order valence-corrected chi connectivity index (χ0v) is 21.6. The fourth-order valence-electron chi connectivity index (χ4n) is 3.00. The molecule has 3 N–H and O–H groups in total. The summed E-state index contributed by atoms with van der Waals surface area (Å²) in [5, 5.41) is 22.0. The van der Waals surface area contributed by atoms with Crippen LogP contribution in [0.15, 0.2) is 79.7 Å². The number of aromatic hydroxyl groups is 1. The van der Waals surface area contributed by atoms with Gasteiger partial charge in [0.15, 0.2) is 12.1 Å². The molecular weight excluding hydrogens is 576 g/mol. The van der Waals surface area contributed by atoms with E-state index in [9.17, 15) is 35.8 Å². The summed E-state index contributed by atoms with van der Waals surface area (Å²) in [5.41, 5.74) is 4.28. The number of hydrogen-bond donors (Lipinski definition) is 3. The molecule has 0 aliphatic carbocycles. The van der Waals surface area contributed by atoms with Crippen LogP contribution in [0.3, 0.4) is 0 Å². The van der Waals surface area contributed by atoms with Crippen LogP contribution < -0.4 is 0 Å². The van der Waals surface area contributed by atoms with E-state index in [1.807, 2.05) is 0 Å². The number of carbonyl (C=O) groups excluding carboxylic acids is 1. The molecule has 0 unspecified atom stereocenters. The van der Waals surface area contributed by atoms with E-state index in [0.717, 1.165) is 23.8 Å². The molecule has 37 heavy (non-hydrogen) atoms. The summed E-state index contributed by atoms with van der Waals surface area (Å²) < 4.78 is 65.9. The Bertz CT molecular complexity index is 1620. The van der Waals surface area contributed by atoms with Crippen LogP contribution in [-0.2, 0) is 37.3 Å². The Morgan fingerprint density at radius 1 is 0.946 bits per heavy atom. The van der Waals surface area contributed by atoms with Gasteiger partial charge in [-0.1, -0.05) is 30.0 Å². The first-order valence-corrected chi connectivity index (χ1v) is 12.8. The van der Waals surface area contributed by atoms with Crippen LogP contribution in [0.5, 0.6) is 5.75 Å². The first-order chi connectivity index (χ1) is 16.8. The minimum atomic E-state index is -4.75. The van der Waals surface area contributed by atoms with E-state index in [0.29, 0.717) is 6.29 Å². The Hall–Kier alpha value is -3.46. The van der Waals surface area contributed by atoms with Gasteiger partial charge in [0.2, 0.25) is 0 Å². The van der Waals surface area contributed by atoms with Crippen molar-refractivity contribution in [2.24, 2.45) is 15.3 Å². The summed E-state index contributed by atoms with van der Waals surface area (Å²) >= 11 is 0. The van der Waals surface area contributed by atoms with Gasteiger partial charge < -0.3 is 15.6 Å². The normalized spacial score (nSPS) is 12.3. The van der Waals surface area contributed by atoms with Gasteiger partial charge in [0, 0.05) is 11.1 Å². The van der Waals surface area contributed by atoms with Crippen LogP contribution in [0.1, 0.15) is 27.0 Å². The number of phenols is 1. The number of nitrogens with zero attached hydrogens (tertiary/aromatic N) is 4. The number of carbonyl (C=O) groups is 1. The number of aldehydes is 1. The van der Waals surface area contributed by atoms with Crippen LogP contribution in [0.2, 0.25) is 0 Å². The number of azo groups is 1. The second-order valence-corrected chi connectivity index (χ2v) is 10.3. The van der Waals surface area contributed by atoms with E-state index in [1.54, 1.807) is 19.1 Å². The van der Waals surface area contributed by atoms with Crippen molar-refractivity contribution < 1.29 is 52.9 Å². The molecule has 0 bridgehead atoms. The van der Waals surface area contributed by atoms with Gasteiger partial charge in [0.25, 0.3) is 20.2 Å². The average molecular weight is 595 g/mol. The molecule has 0 radical (unpaired) electrons. The standard InChI is InChI=1S/C22H20N4O8S2.Cu/c1-13-7-8-15(12-27)18(9-13)23-25-22(17-5-3-4-6-20(17)36(32,33)34)26-24-19-11-16(35(29,30)31)10-14(2)21(19)28;/h3-12H,1-2H3,(H4,23,24,25,26,27,28,29,30,31,32,33,34);/q;+1/p-1. The van der Waals surface area contributed by atoms with E-state index in [2.05, 4.69) is 20.8 Å². The van der Waals surface area contributed by atoms with Gasteiger partial charge in [-0.3, -0.25) is 13.9 Å². The summed E-state index contributed by atoms with van der Waals surface area (Å²) in [7, 11) is -9.39. The summed E-state index contributed by atoms with van der Waals surface area (Å²) in [5.74, 6) is -0.927. The first kappa shape index (κ1) is 29.8. The van der Waals surface area contributed by atoms with Crippen molar-refractivity contribution in [3.05, 3.63) is 82.3 Å². The molecule has 198 valence electrons. The molecule has 12 nitrogen and oxygen atoms in total. The van der Waals surface area contributed by atoms with E-state index in [-0.39, 0.29) is 45.1 Å². The molecular formula is C22H19CuN4O8S2. The fraction of sp³-hybridized carbons (Fsp3) is 0.0909. The molecule has 3 aromatic rings. The molecule has 0 spiro atoms. The van der Waals surface area contributed by atoms with Crippen LogP contribution in [0, 0.1) is 13.8 Å². The van der Waals surface area contributed by atoms with Gasteiger partial charge in [-0.2, -0.15) is 16.8 Å². The van der Waals surface area contributed by atoms with E-state index in [4.69, 9.17) is 0 Å². The molecule has 15 heteroatoms. The van der Waals surface area contributed by atoms with Gasteiger partial charge in [0.1, 0.15) is 10.6 Å². The number of hydrogen-bond acceptors (Lipinski definition) is 8. The minimum Gasteiger partial charge on any atom is -0.571 e. The molecule has 0 saturated heterocycles. The SMILES string of the molecule is Cc1ccc(C=O)c(N=N/C(=N\[N-]c2cc(S(=O)(=O)O)cc(C)c2O)c2ccccc2S(=O)(=O)O)c1.[Cu+]. The van der Waals surface area contributed by atoms with Gasteiger partial charge in [0.05, 0.1) is 10.6 Å². The molecule has 3 aromatic carbocycles. The molecule has 0 amide bonds. The van der Waals surface area contributed by atoms with Crippen molar-refractivity contribution in [3.8, 4) is 5.75 Å². The predicted octanol–water partition coefficient (Wildman–Crippen LogP) is 4.46. The van der Waals surface area contributed by atoms with Gasteiger partial charge in [-0.15, -0.1) is 10.2 Å². The molecule has 0 aromatic heterocycles. The van der Waals surface area contributed by atoms with Crippen molar-refractivity contribution in [1.82, 2.24) is 0 Å². The summed E-state index contributed by atoms with van der Waals surface area (Å²) in [6.45, 7) is 3.11. The summed E-state index contributed by atoms with van der Waals surface area (Å²) in [6, 6.07) is 11.7. The van der Waals surface area contributed by atoms with Crippen LogP contribution in [0.4, 0.5) is 11.4 Å². The predicted molar refractivity (Wildman–Crippen MR) is 130 cm³/mol. The third kappa shape index (κ3) is 7.29. The molecule has 0 aliphatic heterocycles. The zero-order valence-electron chi connectivity index (χ0n) is 19.1. The minimum absolute atomic E-state index is 0. The monoisotopic (exact) mass is 594 g/mol. The van der Waals surface area contributed by atoms with Crippen LogP contribution >= 0.6 is 0 Å². The number of rotatable bonds is 7. The molecule has 0 heterocycles. The maximum Gasteiger partial charge on any atom is 1.00 e. The molecule has 3 rings (SSSR count). The quantitative estimate of drug-likeness (QED) is 0.0677. The van der Waals surface area contributed by atoms with Crippen LogP contribution in [-0.4, -0.2) is 43.2 Å². The van der Waals surface area contributed by atoms with E-state index >= 15 is 0 Å². The van der Waals surface area contributed by atoms with Crippen molar-refractivity contribution in [2.45, 2.75) is 23.6 Å². The Balaban J connectivity index is 0.00000481. The number of aryl methyl sites for hydroxylation is 2. The Kier molecular flexibility index (Phi) is 9.43. The Morgan fingerprint density at radius 3 is 2.24 bits per heavy atom. The smallest absolute Gasteiger partial charge is 0.571 e. The van der Waals surface area contributed by atoms with Crippen molar-refractivity contribution in [1.29, 1.82) is 0 Å². The number of phenolic OH excluding ortho intramolecular Hbond substituents is 1. The second-order valence-electron chi connectivity index (χ2n) is 7.46. The maximum absolute atomic E-state index is 11.9. The third-order valence-electron chi connectivity index (χ3n) is 4.78. The van der Waals surface area contributed by atoms with Gasteiger partial charge in [-0.25, -0.2) is 0 Å². The molecule has 0 aliphatic rings. The molecule has 0 atom stereocenters. The van der Waals surface area contributed by atoms with Gasteiger partial charge in [-0.05, 0) is 55.3 Å². The second kappa shape index (κ2) is 11.7. The Morgan fingerprint density at radius 2 is 1.62 bits per heavy atom. The van der Waals surface area contributed by atoms with E-state index < -0.39 is 41.6 Å². The topological polar surface area (TPSA) is 197 Å². The van der Waals surface area contributed by atoms with Gasteiger partial charge >= 0.3 is 17.1 Å². The first-order valence-electron chi connectivity index (χ1n) is 9.95. The van der Waals surface area contributed by atoms with Crippen LogP contribution in [0.25, 0.3) is 5.43 Å². The average Bonchev–Trinajstić information content (AvgIpc) is 2.80. The van der Waals surface area contributed by atoms with Crippen molar-refractivity contribution in [2.75, 3.05) is 0 Å². The summed E-state index contributed by atoms with van der Waals surface area (Å²) in [4.78, 5) is 10.2. The fourth-order valence-corrected chi connectivity index (χ4v) is 4.27. The molecule has 0 saturated carbocycles. The Labute approximate surface area is 223 Å². The third-order valence-corrected chi connectivity index (χ3v) is 6.52. The van der Waals surface area contributed by atoms with Crippen molar-refractivity contribution in [3.63, 3.8) is 0 Å². The number of amidine groups is 1. The summed E-state index contributed by atoms with van der Waals surface area (Å²) in [6.07, 6.45) is 0.544. The number of benzene rings is 3. The largest absolute Gasteiger partial charge is 1.00 e. The maximum atomic E-state index is 11.9. The molecule has 0 fully saturated rings. The zero-order chi connectivity index (χ0) is 26.7. The van der Waals surface area contributed by atoms with E-state index in [1.165, 1.54) is 31.2 Å². The van der Waals surface area contributed by atoms with Crippen molar-refractivity contribution >= 4 is 43.7 Å².